The van der Waals surface area contributed by atoms with Gasteiger partial charge in [-0.3, -0.25) is 14.5 Å². The number of aryl methyl sites for hydroxylation is 1. The van der Waals surface area contributed by atoms with E-state index in [2.05, 4.69) is 20.4 Å². The number of furan rings is 1. The van der Waals surface area contributed by atoms with Gasteiger partial charge in [-0.15, -0.1) is 0 Å². The van der Waals surface area contributed by atoms with Gasteiger partial charge in [0.05, 0.1) is 18.2 Å². The van der Waals surface area contributed by atoms with Gasteiger partial charge in [0.25, 0.3) is 5.91 Å². The minimum absolute atomic E-state index is 0.121. The van der Waals surface area contributed by atoms with Crippen molar-refractivity contribution in [1.82, 2.24) is 25.1 Å². The number of carbonyl (C=O) groups excluding carboxylic acids is 1. The van der Waals surface area contributed by atoms with E-state index in [-0.39, 0.29) is 11.9 Å². The molecule has 0 aliphatic carbocycles. The van der Waals surface area contributed by atoms with Gasteiger partial charge in [-0.2, -0.15) is 5.10 Å². The second-order valence-electron chi connectivity index (χ2n) is 7.79. The molecule has 0 atom stereocenters. The normalized spacial score (nSPS) is 14.7. The summed E-state index contributed by atoms with van der Waals surface area (Å²) in [6.45, 7) is 1.35. The fraction of sp³-hybridized carbons (Fsp3) is 0.304. The van der Waals surface area contributed by atoms with E-state index in [4.69, 9.17) is 9.15 Å². The summed E-state index contributed by atoms with van der Waals surface area (Å²) in [6, 6.07) is 7.73. The van der Waals surface area contributed by atoms with Crippen LogP contribution in [0.4, 0.5) is 0 Å². The van der Waals surface area contributed by atoms with Crippen LogP contribution in [0, 0.1) is 0 Å². The van der Waals surface area contributed by atoms with Crippen LogP contribution in [0.2, 0.25) is 0 Å². The Morgan fingerprint density at radius 3 is 2.84 bits per heavy atom. The average Bonchev–Trinajstić information content (AvgIpc) is 3.44. The lowest BCUT2D eigenvalue weighted by Crippen LogP contribution is -2.39. The third-order valence-electron chi connectivity index (χ3n) is 5.50. The molecule has 5 rings (SSSR count). The molecule has 1 aliphatic rings. The predicted molar refractivity (Wildman–Crippen MR) is 115 cm³/mol. The van der Waals surface area contributed by atoms with Crippen molar-refractivity contribution >= 4 is 17.0 Å². The Morgan fingerprint density at radius 1 is 1.23 bits per heavy atom. The lowest BCUT2D eigenvalue weighted by molar-refractivity contribution is 0.0694. The SMILES string of the molecule is Cn1cc(-c2ccc(Cc3cc(C(=O)NC4CCOCC4)nc4ccoc34)cn2)cn1. The number of nitrogens with zero attached hydrogens (tertiary/aromatic N) is 4. The van der Waals surface area contributed by atoms with Crippen molar-refractivity contribution in [2.45, 2.75) is 25.3 Å². The van der Waals surface area contributed by atoms with Crippen molar-refractivity contribution in [3.8, 4) is 11.3 Å². The van der Waals surface area contributed by atoms with Crippen molar-refractivity contribution in [3.05, 3.63) is 65.9 Å². The Morgan fingerprint density at radius 2 is 2.10 bits per heavy atom. The Labute approximate surface area is 179 Å². The molecule has 0 unspecified atom stereocenters. The van der Waals surface area contributed by atoms with Crippen LogP contribution in [0.5, 0.6) is 0 Å². The summed E-state index contributed by atoms with van der Waals surface area (Å²) in [5, 5.41) is 7.27. The molecule has 0 saturated carbocycles. The molecular weight excluding hydrogens is 394 g/mol. The monoisotopic (exact) mass is 417 g/mol. The Bertz CT molecular complexity index is 1210. The molecule has 5 heterocycles. The first-order chi connectivity index (χ1) is 15.2. The molecule has 4 aromatic heterocycles. The number of fused-ring (bicyclic) bond motifs is 1. The number of rotatable bonds is 5. The van der Waals surface area contributed by atoms with Gasteiger partial charge in [0.15, 0.2) is 5.58 Å². The zero-order valence-electron chi connectivity index (χ0n) is 17.2. The van der Waals surface area contributed by atoms with Gasteiger partial charge < -0.3 is 14.5 Å². The maximum Gasteiger partial charge on any atom is 0.270 e. The lowest BCUT2D eigenvalue weighted by Gasteiger charge is -2.23. The van der Waals surface area contributed by atoms with Crippen molar-refractivity contribution in [2.24, 2.45) is 7.05 Å². The minimum Gasteiger partial charge on any atom is -0.462 e. The van der Waals surface area contributed by atoms with Gasteiger partial charge in [-0.25, -0.2) is 4.98 Å². The summed E-state index contributed by atoms with van der Waals surface area (Å²) in [5.74, 6) is -0.165. The number of nitrogens with one attached hydrogen (secondary N) is 1. The Hall–Kier alpha value is -3.52. The molecule has 0 aromatic carbocycles. The lowest BCUT2D eigenvalue weighted by atomic mass is 10.0. The van der Waals surface area contributed by atoms with Crippen LogP contribution >= 0.6 is 0 Å². The highest BCUT2D eigenvalue weighted by Crippen LogP contribution is 2.24. The first kappa shape index (κ1) is 19.4. The first-order valence-corrected chi connectivity index (χ1v) is 10.4. The molecule has 1 aliphatic heterocycles. The van der Waals surface area contributed by atoms with E-state index >= 15 is 0 Å². The molecule has 1 fully saturated rings. The molecule has 4 aromatic rings. The van der Waals surface area contributed by atoms with Gasteiger partial charge in [0, 0.05) is 62.3 Å². The fourth-order valence-electron chi connectivity index (χ4n) is 3.85. The summed E-state index contributed by atoms with van der Waals surface area (Å²) < 4.78 is 12.8. The first-order valence-electron chi connectivity index (χ1n) is 10.4. The highest BCUT2D eigenvalue weighted by Gasteiger charge is 2.20. The van der Waals surface area contributed by atoms with E-state index in [1.807, 2.05) is 37.6 Å². The molecule has 8 heteroatoms. The fourth-order valence-corrected chi connectivity index (χ4v) is 3.85. The van der Waals surface area contributed by atoms with Crippen molar-refractivity contribution < 1.29 is 13.9 Å². The minimum atomic E-state index is -0.165. The van der Waals surface area contributed by atoms with E-state index in [1.54, 1.807) is 23.2 Å². The summed E-state index contributed by atoms with van der Waals surface area (Å²) in [6.07, 6.45) is 9.40. The number of pyridine rings is 2. The van der Waals surface area contributed by atoms with Crippen LogP contribution in [0.1, 0.15) is 34.5 Å². The average molecular weight is 417 g/mol. The summed E-state index contributed by atoms with van der Waals surface area (Å²) in [4.78, 5) is 21.9. The van der Waals surface area contributed by atoms with Crippen molar-refractivity contribution in [3.63, 3.8) is 0 Å². The smallest absolute Gasteiger partial charge is 0.270 e. The number of hydrogen-bond donors (Lipinski definition) is 1. The number of aromatic nitrogens is 4. The molecule has 158 valence electrons. The van der Waals surface area contributed by atoms with Gasteiger partial charge in [0.1, 0.15) is 11.2 Å². The van der Waals surface area contributed by atoms with E-state index in [0.717, 1.165) is 35.2 Å². The number of ether oxygens (including phenoxy) is 1. The zero-order chi connectivity index (χ0) is 21.2. The topological polar surface area (TPSA) is 95.1 Å². The van der Waals surface area contributed by atoms with E-state index in [1.165, 1.54) is 0 Å². The third kappa shape index (κ3) is 4.20. The molecule has 0 radical (unpaired) electrons. The maximum atomic E-state index is 12.8. The molecule has 1 N–H and O–H groups in total. The van der Waals surface area contributed by atoms with Crippen LogP contribution in [-0.4, -0.2) is 44.9 Å². The second kappa shape index (κ2) is 8.31. The number of amides is 1. The van der Waals surface area contributed by atoms with Gasteiger partial charge >= 0.3 is 0 Å². The highest BCUT2D eigenvalue weighted by atomic mass is 16.5. The third-order valence-corrected chi connectivity index (χ3v) is 5.50. The molecular formula is C23H23N5O3. The molecule has 31 heavy (non-hydrogen) atoms. The van der Waals surface area contributed by atoms with E-state index in [9.17, 15) is 4.79 Å². The van der Waals surface area contributed by atoms with Crippen LogP contribution in [-0.2, 0) is 18.2 Å². The largest absolute Gasteiger partial charge is 0.462 e. The second-order valence-corrected chi connectivity index (χ2v) is 7.79. The molecule has 0 spiro atoms. The van der Waals surface area contributed by atoms with Crippen molar-refractivity contribution in [1.29, 1.82) is 0 Å². The molecule has 1 saturated heterocycles. The standard InChI is InChI=1S/C23H23N5O3/c1-28-14-17(13-25-28)19-3-2-15(12-24-19)10-16-11-21(27-20-6-9-31-22(16)20)23(29)26-18-4-7-30-8-5-18/h2-3,6,9,11-14,18H,4-5,7-8,10H2,1H3,(H,26,29). The molecule has 0 bridgehead atoms. The highest BCUT2D eigenvalue weighted by molar-refractivity contribution is 5.95. The molecule has 8 nitrogen and oxygen atoms in total. The van der Waals surface area contributed by atoms with Crippen LogP contribution in [0.15, 0.2) is 53.5 Å². The van der Waals surface area contributed by atoms with Crippen LogP contribution < -0.4 is 5.32 Å². The van der Waals surface area contributed by atoms with Crippen molar-refractivity contribution in [2.75, 3.05) is 13.2 Å². The Balaban J connectivity index is 1.38. The Kier molecular flexibility index (Phi) is 5.21. The summed E-state index contributed by atoms with van der Waals surface area (Å²) >= 11 is 0. The predicted octanol–water partition coefficient (Wildman–Crippen LogP) is 3.12. The van der Waals surface area contributed by atoms with Gasteiger partial charge in [-0.1, -0.05) is 6.07 Å². The number of hydrogen-bond acceptors (Lipinski definition) is 6. The summed E-state index contributed by atoms with van der Waals surface area (Å²) in [5.41, 5.74) is 5.53. The maximum absolute atomic E-state index is 12.8. The zero-order valence-corrected chi connectivity index (χ0v) is 17.2. The molecule has 1 amide bonds. The van der Waals surface area contributed by atoms with E-state index < -0.39 is 0 Å². The summed E-state index contributed by atoms with van der Waals surface area (Å²) in [7, 11) is 1.88. The van der Waals surface area contributed by atoms with Crippen LogP contribution in [0.25, 0.3) is 22.4 Å². The van der Waals surface area contributed by atoms with Crippen LogP contribution in [0.3, 0.4) is 0 Å². The van der Waals surface area contributed by atoms with Gasteiger partial charge in [-0.05, 0) is 30.5 Å². The quantitative estimate of drug-likeness (QED) is 0.536. The van der Waals surface area contributed by atoms with Gasteiger partial charge in [0.2, 0.25) is 0 Å². The van der Waals surface area contributed by atoms with E-state index in [0.29, 0.717) is 36.4 Å². The number of carbonyl (C=O) groups is 1.